The van der Waals surface area contributed by atoms with Crippen molar-refractivity contribution in [3.8, 4) is 11.5 Å². The number of benzene rings is 3. The first kappa shape index (κ1) is 20.6. The second-order valence-electron chi connectivity index (χ2n) is 7.23. The van der Waals surface area contributed by atoms with E-state index < -0.39 is 21.7 Å². The van der Waals surface area contributed by atoms with Crippen LogP contribution in [-0.2, 0) is 17.1 Å². The number of amides is 1. The predicted molar refractivity (Wildman–Crippen MR) is 119 cm³/mol. The van der Waals surface area contributed by atoms with E-state index in [0.717, 1.165) is 0 Å². The van der Waals surface area contributed by atoms with Gasteiger partial charge in [-0.1, -0.05) is 12.1 Å². The third-order valence-electron chi connectivity index (χ3n) is 5.12. The number of anilines is 2. The smallest absolute Gasteiger partial charge is 0.419 e. The first-order chi connectivity index (χ1) is 15.8. The molecule has 0 saturated carbocycles. The van der Waals surface area contributed by atoms with E-state index in [4.69, 9.17) is 13.9 Å². The molecule has 0 fully saturated rings. The number of rotatable bonds is 5. The summed E-state index contributed by atoms with van der Waals surface area (Å²) in [6, 6.07) is 15.2. The number of aromatic nitrogens is 1. The number of fused-ring (bicyclic) bond motifs is 2. The topological polar surface area (TPSA) is 129 Å². The quantitative estimate of drug-likeness (QED) is 0.462. The van der Waals surface area contributed by atoms with Gasteiger partial charge in [0.15, 0.2) is 17.1 Å². The van der Waals surface area contributed by atoms with Crippen LogP contribution < -0.4 is 25.3 Å². The number of hydrogen-bond donors (Lipinski definition) is 2. The molecule has 1 aliphatic rings. The maximum absolute atomic E-state index is 13.0. The van der Waals surface area contributed by atoms with Crippen LogP contribution in [0.5, 0.6) is 11.5 Å². The van der Waals surface area contributed by atoms with E-state index in [1.165, 1.54) is 41.9 Å². The van der Waals surface area contributed by atoms with Gasteiger partial charge >= 0.3 is 5.76 Å². The van der Waals surface area contributed by atoms with Crippen molar-refractivity contribution in [3.05, 3.63) is 76.8 Å². The third kappa shape index (κ3) is 3.78. The SMILES string of the molecule is Cn1c(=O)oc2cc(S(=O)(=O)Nc3ccccc3C(=O)Nc3ccc4c(c3)OCO4)ccc21. The molecule has 0 unspecified atom stereocenters. The van der Waals surface area contributed by atoms with Gasteiger partial charge in [-0.05, 0) is 36.4 Å². The first-order valence-electron chi connectivity index (χ1n) is 9.74. The molecule has 0 radical (unpaired) electrons. The number of nitrogens with zero attached hydrogens (tertiary/aromatic N) is 1. The van der Waals surface area contributed by atoms with Crippen molar-refractivity contribution in [1.29, 1.82) is 0 Å². The molecule has 2 heterocycles. The second-order valence-corrected chi connectivity index (χ2v) is 8.91. The summed E-state index contributed by atoms with van der Waals surface area (Å²) < 4.78 is 45.4. The molecule has 2 N–H and O–H groups in total. The van der Waals surface area contributed by atoms with E-state index in [9.17, 15) is 18.0 Å². The maximum atomic E-state index is 13.0. The molecule has 5 rings (SSSR count). The lowest BCUT2D eigenvalue weighted by Gasteiger charge is -2.13. The van der Waals surface area contributed by atoms with Gasteiger partial charge in [0.2, 0.25) is 6.79 Å². The van der Waals surface area contributed by atoms with Gasteiger partial charge in [-0.15, -0.1) is 0 Å². The number of carbonyl (C=O) groups is 1. The molecule has 0 atom stereocenters. The highest BCUT2D eigenvalue weighted by Crippen LogP contribution is 2.34. The lowest BCUT2D eigenvalue weighted by Crippen LogP contribution is -2.18. The highest BCUT2D eigenvalue weighted by molar-refractivity contribution is 7.92. The Labute approximate surface area is 187 Å². The highest BCUT2D eigenvalue weighted by Gasteiger charge is 2.21. The lowest BCUT2D eigenvalue weighted by molar-refractivity contribution is 0.102. The van der Waals surface area contributed by atoms with Crippen LogP contribution in [-0.4, -0.2) is 25.7 Å². The Morgan fingerprint density at radius 3 is 2.64 bits per heavy atom. The Morgan fingerprint density at radius 2 is 1.79 bits per heavy atom. The zero-order chi connectivity index (χ0) is 23.2. The zero-order valence-corrected chi connectivity index (χ0v) is 18.0. The van der Waals surface area contributed by atoms with Gasteiger partial charge in [0.05, 0.1) is 21.7 Å². The van der Waals surface area contributed by atoms with Crippen LogP contribution in [0, 0.1) is 0 Å². The molecule has 33 heavy (non-hydrogen) atoms. The molecule has 0 saturated heterocycles. The van der Waals surface area contributed by atoms with Crippen LogP contribution in [0.4, 0.5) is 11.4 Å². The first-order valence-corrected chi connectivity index (χ1v) is 11.2. The molecule has 3 aromatic carbocycles. The van der Waals surface area contributed by atoms with Crippen molar-refractivity contribution in [2.45, 2.75) is 4.90 Å². The van der Waals surface area contributed by atoms with Gasteiger partial charge in [-0.2, -0.15) is 0 Å². The minimum atomic E-state index is -4.08. The van der Waals surface area contributed by atoms with E-state index >= 15 is 0 Å². The van der Waals surface area contributed by atoms with Crippen LogP contribution in [0.3, 0.4) is 0 Å². The van der Waals surface area contributed by atoms with E-state index in [1.807, 2.05) is 0 Å². The number of nitrogens with one attached hydrogen (secondary N) is 2. The summed E-state index contributed by atoms with van der Waals surface area (Å²) in [5.41, 5.74) is 1.27. The van der Waals surface area contributed by atoms with Crippen molar-refractivity contribution in [3.63, 3.8) is 0 Å². The Hall–Kier alpha value is -4.25. The van der Waals surface area contributed by atoms with Crippen LogP contribution in [0.2, 0.25) is 0 Å². The normalized spacial score (nSPS) is 12.6. The van der Waals surface area contributed by atoms with Crippen LogP contribution in [0.1, 0.15) is 10.4 Å². The molecule has 0 spiro atoms. The molecular formula is C22H17N3O7S. The Bertz CT molecular complexity index is 1570. The van der Waals surface area contributed by atoms with Crippen molar-refractivity contribution in [1.82, 2.24) is 4.57 Å². The van der Waals surface area contributed by atoms with Crippen LogP contribution in [0.25, 0.3) is 11.1 Å². The van der Waals surface area contributed by atoms with E-state index in [-0.39, 0.29) is 28.5 Å². The second kappa shape index (κ2) is 7.71. The average Bonchev–Trinajstić information content (AvgIpc) is 3.37. The fraction of sp³-hybridized carbons (Fsp3) is 0.0909. The summed E-state index contributed by atoms with van der Waals surface area (Å²) in [5, 5.41) is 2.73. The minimum Gasteiger partial charge on any atom is -0.454 e. The third-order valence-corrected chi connectivity index (χ3v) is 6.48. The van der Waals surface area contributed by atoms with Crippen LogP contribution >= 0.6 is 0 Å². The molecule has 0 bridgehead atoms. The number of para-hydroxylation sites is 1. The van der Waals surface area contributed by atoms with Crippen molar-refractivity contribution in [2.75, 3.05) is 16.8 Å². The van der Waals surface area contributed by atoms with Gasteiger partial charge in [0, 0.05) is 24.9 Å². The molecule has 0 aliphatic carbocycles. The summed E-state index contributed by atoms with van der Waals surface area (Å²) in [4.78, 5) is 24.5. The van der Waals surface area contributed by atoms with Gasteiger partial charge in [0.25, 0.3) is 15.9 Å². The van der Waals surface area contributed by atoms with Crippen LogP contribution in [0.15, 0.2) is 74.8 Å². The number of oxazole rings is 1. The average molecular weight is 467 g/mol. The molecule has 4 aromatic rings. The summed E-state index contributed by atoms with van der Waals surface area (Å²) >= 11 is 0. The highest BCUT2D eigenvalue weighted by atomic mass is 32.2. The van der Waals surface area contributed by atoms with Gasteiger partial charge in [-0.25, -0.2) is 13.2 Å². The molecule has 11 heteroatoms. The number of sulfonamides is 1. The van der Waals surface area contributed by atoms with Crippen molar-refractivity contribution in [2.24, 2.45) is 7.05 Å². The largest absolute Gasteiger partial charge is 0.454 e. The van der Waals surface area contributed by atoms with Crippen molar-refractivity contribution >= 4 is 38.4 Å². The predicted octanol–water partition coefficient (Wildman–Crippen LogP) is 2.91. The zero-order valence-electron chi connectivity index (χ0n) is 17.2. The Balaban J connectivity index is 1.42. The summed E-state index contributed by atoms with van der Waals surface area (Å²) in [6.45, 7) is 0.107. The molecule has 1 aromatic heterocycles. The monoisotopic (exact) mass is 467 g/mol. The molecule has 1 amide bonds. The summed E-state index contributed by atoms with van der Waals surface area (Å²) in [5.74, 6) is -0.0353. The Kier molecular flexibility index (Phi) is 4.82. The number of carbonyl (C=O) groups excluding carboxylic acids is 1. The van der Waals surface area contributed by atoms with Gasteiger partial charge < -0.3 is 19.2 Å². The number of hydrogen-bond acceptors (Lipinski definition) is 7. The molecule has 1 aliphatic heterocycles. The molecule has 10 nitrogen and oxygen atoms in total. The molecular weight excluding hydrogens is 450 g/mol. The summed E-state index contributed by atoms with van der Waals surface area (Å²) in [6.07, 6.45) is 0. The molecule has 168 valence electrons. The van der Waals surface area contributed by atoms with Gasteiger partial charge in [-0.3, -0.25) is 14.1 Å². The number of ether oxygens (including phenoxy) is 2. The van der Waals surface area contributed by atoms with E-state index in [0.29, 0.717) is 22.7 Å². The standard InChI is InChI=1S/C22H17N3O7S/c1-25-17-8-7-14(11-19(17)32-22(25)27)33(28,29)24-16-5-3-2-4-15(16)21(26)23-13-6-9-18-20(10-13)31-12-30-18/h2-11,24H,12H2,1H3,(H,23,26). The minimum absolute atomic E-state index is 0.0883. The van der Waals surface area contributed by atoms with E-state index in [1.54, 1.807) is 30.3 Å². The van der Waals surface area contributed by atoms with Gasteiger partial charge in [0.1, 0.15) is 0 Å². The maximum Gasteiger partial charge on any atom is 0.419 e. The van der Waals surface area contributed by atoms with Crippen molar-refractivity contribution < 1.29 is 27.1 Å². The summed E-state index contributed by atoms with van der Waals surface area (Å²) in [7, 11) is -2.56. The van der Waals surface area contributed by atoms with E-state index in [2.05, 4.69) is 10.0 Å². The Morgan fingerprint density at radius 1 is 1.00 bits per heavy atom. The fourth-order valence-corrected chi connectivity index (χ4v) is 4.52. The number of aryl methyl sites for hydroxylation is 1. The fourth-order valence-electron chi connectivity index (χ4n) is 3.43. The lowest BCUT2D eigenvalue weighted by atomic mass is 10.1.